The number of aromatic nitrogens is 2. The third-order valence-electron chi connectivity index (χ3n) is 2.72. The van der Waals surface area contributed by atoms with Crippen molar-refractivity contribution in [3.63, 3.8) is 0 Å². The van der Waals surface area contributed by atoms with Gasteiger partial charge in [-0.05, 0) is 12.2 Å². The Labute approximate surface area is 104 Å². The first-order valence-electron chi connectivity index (χ1n) is 5.08. The van der Waals surface area contributed by atoms with Gasteiger partial charge < -0.3 is 14.0 Å². The van der Waals surface area contributed by atoms with Crippen molar-refractivity contribution in [3.05, 3.63) is 30.1 Å². The predicted octanol–water partition coefficient (Wildman–Crippen LogP) is 2.01. The minimum Gasteiger partial charge on any atom is -0.501 e. The molecule has 0 saturated heterocycles. The van der Waals surface area contributed by atoms with Gasteiger partial charge in [0.25, 0.3) is 0 Å². The maximum absolute atomic E-state index is 5.97. The van der Waals surface area contributed by atoms with Gasteiger partial charge in [-0.25, -0.2) is 0 Å². The van der Waals surface area contributed by atoms with Gasteiger partial charge in [0.1, 0.15) is 5.60 Å². The molecule has 0 saturated carbocycles. The molecule has 1 aromatic rings. The van der Waals surface area contributed by atoms with Gasteiger partial charge in [0.05, 0.1) is 18.7 Å². The summed E-state index contributed by atoms with van der Waals surface area (Å²) in [5, 5.41) is 3.79. The molecule has 1 aromatic heterocycles. The summed E-state index contributed by atoms with van der Waals surface area (Å²) in [5.41, 5.74) is 0.196. The second-order valence-corrected chi connectivity index (χ2v) is 4.02. The molecule has 1 unspecified atom stereocenters. The molecule has 0 spiro atoms. The van der Waals surface area contributed by atoms with Crippen molar-refractivity contribution in [2.24, 2.45) is 0 Å². The SMILES string of the molecule is COC1=CC(c2ncon2)=CC(CCl)(OC)C1. The fourth-order valence-corrected chi connectivity index (χ4v) is 2.01. The molecular weight excluding hydrogens is 244 g/mol. The third kappa shape index (κ3) is 2.35. The monoisotopic (exact) mass is 256 g/mol. The molecule has 1 aliphatic rings. The van der Waals surface area contributed by atoms with Crippen LogP contribution < -0.4 is 0 Å². The Morgan fingerprint density at radius 2 is 2.35 bits per heavy atom. The normalized spacial score (nSPS) is 24.2. The van der Waals surface area contributed by atoms with Gasteiger partial charge in [-0.1, -0.05) is 5.16 Å². The molecule has 0 aliphatic heterocycles. The number of methoxy groups -OCH3 is 2. The molecule has 0 fully saturated rings. The highest BCUT2D eigenvalue weighted by Crippen LogP contribution is 2.33. The fourth-order valence-electron chi connectivity index (χ4n) is 1.72. The zero-order chi connectivity index (χ0) is 12.3. The minimum atomic E-state index is -0.586. The fraction of sp³-hybridized carbons (Fsp3) is 0.455. The van der Waals surface area contributed by atoms with E-state index in [4.69, 9.17) is 25.6 Å². The van der Waals surface area contributed by atoms with Gasteiger partial charge in [-0.2, -0.15) is 4.98 Å². The van der Waals surface area contributed by atoms with Crippen molar-refractivity contribution in [1.29, 1.82) is 0 Å². The van der Waals surface area contributed by atoms with Crippen LogP contribution in [0.25, 0.3) is 5.57 Å². The van der Waals surface area contributed by atoms with Gasteiger partial charge in [-0.15, -0.1) is 11.6 Å². The van der Waals surface area contributed by atoms with Crippen LogP contribution in [0.1, 0.15) is 12.2 Å². The van der Waals surface area contributed by atoms with E-state index in [9.17, 15) is 0 Å². The zero-order valence-electron chi connectivity index (χ0n) is 9.64. The Hall–Kier alpha value is -1.33. The van der Waals surface area contributed by atoms with Crippen molar-refractivity contribution < 1.29 is 14.0 Å². The van der Waals surface area contributed by atoms with Crippen LogP contribution in [0.2, 0.25) is 0 Å². The first-order chi connectivity index (χ1) is 8.23. The van der Waals surface area contributed by atoms with E-state index >= 15 is 0 Å². The molecule has 5 nitrogen and oxygen atoms in total. The predicted molar refractivity (Wildman–Crippen MR) is 62.4 cm³/mol. The lowest BCUT2D eigenvalue weighted by atomic mass is 9.91. The molecule has 0 N–H and O–H groups in total. The van der Waals surface area contributed by atoms with Crippen LogP contribution in [-0.2, 0) is 9.47 Å². The molecule has 1 atom stereocenters. The Kier molecular flexibility index (Phi) is 3.49. The highest BCUT2D eigenvalue weighted by molar-refractivity contribution is 6.18. The lowest BCUT2D eigenvalue weighted by molar-refractivity contribution is 0.0391. The highest BCUT2D eigenvalue weighted by atomic mass is 35.5. The first-order valence-corrected chi connectivity index (χ1v) is 5.62. The van der Waals surface area contributed by atoms with E-state index in [2.05, 4.69) is 10.1 Å². The molecule has 1 aliphatic carbocycles. The maximum atomic E-state index is 5.97. The average Bonchev–Trinajstić information content (AvgIpc) is 2.92. The third-order valence-corrected chi connectivity index (χ3v) is 3.18. The number of nitrogens with zero attached hydrogens (tertiary/aromatic N) is 2. The molecule has 17 heavy (non-hydrogen) atoms. The molecule has 2 rings (SSSR count). The Bertz CT molecular complexity index is 436. The van der Waals surface area contributed by atoms with Crippen LogP contribution in [-0.4, -0.2) is 35.8 Å². The second kappa shape index (κ2) is 4.89. The first kappa shape index (κ1) is 12.1. The maximum Gasteiger partial charge on any atom is 0.214 e. The van der Waals surface area contributed by atoms with Crippen LogP contribution in [0.3, 0.4) is 0 Å². The van der Waals surface area contributed by atoms with Crippen molar-refractivity contribution in [1.82, 2.24) is 10.1 Å². The molecule has 6 heteroatoms. The lowest BCUT2D eigenvalue weighted by Gasteiger charge is -2.31. The molecule has 92 valence electrons. The molecule has 1 heterocycles. The van der Waals surface area contributed by atoms with Crippen LogP contribution >= 0.6 is 11.6 Å². The molecule has 0 aromatic carbocycles. The largest absolute Gasteiger partial charge is 0.501 e. The summed E-state index contributed by atoms with van der Waals surface area (Å²) < 4.78 is 15.5. The van der Waals surface area contributed by atoms with E-state index < -0.39 is 5.60 Å². The molecule has 0 radical (unpaired) electrons. The van der Waals surface area contributed by atoms with Crippen LogP contribution in [0.4, 0.5) is 0 Å². The van der Waals surface area contributed by atoms with E-state index in [-0.39, 0.29) is 0 Å². The van der Waals surface area contributed by atoms with Crippen molar-refractivity contribution in [2.45, 2.75) is 12.0 Å². The number of rotatable bonds is 4. The van der Waals surface area contributed by atoms with Crippen molar-refractivity contribution in [2.75, 3.05) is 20.1 Å². The summed E-state index contributed by atoms with van der Waals surface area (Å²) in [4.78, 5) is 4.00. The van der Waals surface area contributed by atoms with Crippen LogP contribution in [0, 0.1) is 0 Å². The number of hydrogen-bond acceptors (Lipinski definition) is 5. The highest BCUT2D eigenvalue weighted by Gasteiger charge is 2.33. The minimum absolute atomic E-state index is 0.325. The van der Waals surface area contributed by atoms with Crippen molar-refractivity contribution >= 4 is 17.2 Å². The smallest absolute Gasteiger partial charge is 0.214 e. The van der Waals surface area contributed by atoms with Crippen LogP contribution in [0.5, 0.6) is 0 Å². The van der Waals surface area contributed by atoms with E-state index in [0.29, 0.717) is 18.1 Å². The summed E-state index contributed by atoms with van der Waals surface area (Å²) in [6.45, 7) is 0. The summed E-state index contributed by atoms with van der Waals surface area (Å²) in [6.07, 6.45) is 5.62. The van der Waals surface area contributed by atoms with E-state index in [1.165, 1.54) is 6.39 Å². The van der Waals surface area contributed by atoms with E-state index in [1.54, 1.807) is 14.2 Å². The average molecular weight is 257 g/mol. The lowest BCUT2D eigenvalue weighted by Crippen LogP contribution is -2.34. The summed E-state index contributed by atoms with van der Waals surface area (Å²) >= 11 is 5.97. The summed E-state index contributed by atoms with van der Waals surface area (Å²) in [6, 6.07) is 0. The molecule has 0 bridgehead atoms. The zero-order valence-corrected chi connectivity index (χ0v) is 10.4. The standard InChI is InChI=1S/C11H13ClN2O3/c1-15-9-3-8(10-13-7-17-14-10)4-11(5-9,6-12)16-2/h3-4,7H,5-6H2,1-2H3. The Balaban J connectivity index is 2.41. The topological polar surface area (TPSA) is 57.4 Å². The number of ether oxygens (including phenoxy) is 2. The summed E-state index contributed by atoms with van der Waals surface area (Å²) in [5.74, 6) is 1.59. The quantitative estimate of drug-likeness (QED) is 0.772. The molecular formula is C11H13ClN2O3. The van der Waals surface area contributed by atoms with Crippen LogP contribution in [0.15, 0.2) is 28.8 Å². The number of hydrogen-bond donors (Lipinski definition) is 0. The van der Waals surface area contributed by atoms with Crippen molar-refractivity contribution in [3.8, 4) is 0 Å². The molecule has 0 amide bonds. The van der Waals surface area contributed by atoms with E-state index in [1.807, 2.05) is 12.2 Å². The van der Waals surface area contributed by atoms with Gasteiger partial charge in [0.2, 0.25) is 12.2 Å². The van der Waals surface area contributed by atoms with Gasteiger partial charge in [0.15, 0.2) is 0 Å². The summed E-state index contributed by atoms with van der Waals surface area (Å²) in [7, 11) is 3.23. The number of halogens is 1. The van der Waals surface area contributed by atoms with E-state index in [0.717, 1.165) is 11.3 Å². The Morgan fingerprint density at radius 3 is 2.88 bits per heavy atom. The number of alkyl halides is 1. The van der Waals surface area contributed by atoms with Gasteiger partial charge in [0, 0.05) is 19.1 Å². The van der Waals surface area contributed by atoms with Gasteiger partial charge in [-0.3, -0.25) is 0 Å². The Morgan fingerprint density at radius 1 is 1.53 bits per heavy atom. The second-order valence-electron chi connectivity index (χ2n) is 3.75. The van der Waals surface area contributed by atoms with Gasteiger partial charge >= 0.3 is 0 Å². The number of allylic oxidation sites excluding steroid dienone is 2.